The van der Waals surface area contributed by atoms with Gasteiger partial charge in [0.05, 0.1) is 21.0 Å². The van der Waals surface area contributed by atoms with Gasteiger partial charge in [-0.15, -0.1) is 0 Å². The molecule has 0 aromatic heterocycles. The Labute approximate surface area is 121 Å². The average molecular weight is 296 g/mol. The minimum atomic E-state index is -1.44. The molecule has 0 bridgehead atoms. The molecule has 1 aromatic carbocycles. The minimum absolute atomic E-state index is 0.0798. The first-order valence-electron chi connectivity index (χ1n) is 6.81. The predicted octanol–water partition coefficient (Wildman–Crippen LogP) is 2.46. The summed E-state index contributed by atoms with van der Waals surface area (Å²) in [6, 6.07) is 6.07. The van der Waals surface area contributed by atoms with Gasteiger partial charge in [-0.2, -0.15) is 0 Å². The third-order valence-corrected chi connectivity index (χ3v) is 6.04. The molecule has 0 spiro atoms. The largest absolute Gasteiger partial charge is 0.327 e. The highest BCUT2D eigenvalue weighted by Crippen LogP contribution is 2.35. The molecule has 5 unspecified atom stereocenters. The Hall–Kier alpha value is -1.27. The van der Waals surface area contributed by atoms with E-state index in [4.69, 9.17) is 5.73 Å². The molecule has 5 nitrogen and oxygen atoms in total. The van der Waals surface area contributed by atoms with Crippen molar-refractivity contribution >= 4 is 16.5 Å². The molecule has 0 saturated heterocycles. The first-order valence-corrected chi connectivity index (χ1v) is 8.02. The van der Waals surface area contributed by atoms with Crippen molar-refractivity contribution in [2.75, 3.05) is 0 Å². The van der Waals surface area contributed by atoms with E-state index in [2.05, 4.69) is 6.92 Å². The van der Waals surface area contributed by atoms with Crippen molar-refractivity contribution in [3.63, 3.8) is 0 Å². The fraction of sp³-hybridized carbons (Fsp3) is 0.571. The summed E-state index contributed by atoms with van der Waals surface area (Å²) < 4.78 is 12.8. The van der Waals surface area contributed by atoms with Crippen LogP contribution in [0.5, 0.6) is 0 Å². The summed E-state index contributed by atoms with van der Waals surface area (Å²) in [7, 11) is -1.44. The van der Waals surface area contributed by atoms with Crippen LogP contribution in [0.2, 0.25) is 0 Å². The number of nitro benzene ring substituents is 1. The van der Waals surface area contributed by atoms with Gasteiger partial charge in [-0.1, -0.05) is 26.0 Å². The summed E-state index contributed by atoms with van der Waals surface area (Å²) in [6.07, 6.45) is 1.78. The van der Waals surface area contributed by atoms with Gasteiger partial charge in [-0.25, -0.2) is 0 Å². The summed E-state index contributed by atoms with van der Waals surface area (Å²) >= 11 is 0. The Morgan fingerprint density at radius 2 is 1.95 bits per heavy atom. The highest BCUT2D eigenvalue weighted by atomic mass is 32.2. The molecule has 0 aliphatic heterocycles. The van der Waals surface area contributed by atoms with Gasteiger partial charge in [0, 0.05) is 12.1 Å². The van der Waals surface area contributed by atoms with E-state index in [1.165, 1.54) is 6.07 Å². The number of rotatable bonds is 3. The van der Waals surface area contributed by atoms with Gasteiger partial charge in [0.15, 0.2) is 0 Å². The molecule has 1 aliphatic rings. The molecule has 6 heteroatoms. The summed E-state index contributed by atoms with van der Waals surface area (Å²) in [5.74, 6) is 0.716. The van der Waals surface area contributed by atoms with Gasteiger partial charge < -0.3 is 5.73 Å². The van der Waals surface area contributed by atoms with E-state index < -0.39 is 15.7 Å². The smallest absolute Gasteiger partial charge is 0.285 e. The number of benzene rings is 1. The van der Waals surface area contributed by atoms with Gasteiger partial charge in [0.1, 0.15) is 4.90 Å². The third-order valence-electron chi connectivity index (χ3n) is 3.96. The lowest BCUT2D eigenvalue weighted by molar-refractivity contribution is -0.387. The summed E-state index contributed by atoms with van der Waals surface area (Å²) in [5, 5.41) is 10.8. The molecular formula is C14H20N2O3S. The van der Waals surface area contributed by atoms with Crippen molar-refractivity contribution in [3.8, 4) is 0 Å². The van der Waals surface area contributed by atoms with Gasteiger partial charge in [-0.3, -0.25) is 14.3 Å². The van der Waals surface area contributed by atoms with Crippen molar-refractivity contribution in [2.45, 2.75) is 42.9 Å². The fourth-order valence-corrected chi connectivity index (χ4v) is 5.00. The molecule has 5 atom stereocenters. The molecule has 0 radical (unpaired) electrons. The Morgan fingerprint density at radius 1 is 1.30 bits per heavy atom. The quantitative estimate of drug-likeness (QED) is 0.685. The van der Waals surface area contributed by atoms with Crippen molar-refractivity contribution < 1.29 is 9.13 Å². The number of nitrogens with zero attached hydrogens (tertiary/aromatic N) is 1. The van der Waals surface area contributed by atoms with Crippen LogP contribution < -0.4 is 5.73 Å². The molecule has 0 heterocycles. The van der Waals surface area contributed by atoms with Crippen molar-refractivity contribution in [1.29, 1.82) is 0 Å². The molecule has 0 amide bonds. The standard InChI is InChI=1S/C14H20N2O3S/c1-9-7-10(2)14(11(15)8-9)20(19)13-6-4-3-5-12(13)16(17)18/h3-6,9-11,14H,7-8,15H2,1-2H3. The Morgan fingerprint density at radius 3 is 2.55 bits per heavy atom. The third kappa shape index (κ3) is 2.91. The molecule has 1 aromatic rings. The van der Waals surface area contributed by atoms with Crippen molar-refractivity contribution in [2.24, 2.45) is 17.6 Å². The zero-order valence-corrected chi connectivity index (χ0v) is 12.5. The van der Waals surface area contributed by atoms with E-state index in [-0.39, 0.29) is 22.9 Å². The Bertz CT molecular complexity index is 523. The molecule has 1 fully saturated rings. The maximum atomic E-state index is 12.8. The zero-order valence-electron chi connectivity index (χ0n) is 11.7. The van der Waals surface area contributed by atoms with Crippen LogP contribution in [-0.4, -0.2) is 20.4 Å². The van der Waals surface area contributed by atoms with Crippen LogP contribution in [0.3, 0.4) is 0 Å². The second-order valence-electron chi connectivity index (χ2n) is 5.70. The number of para-hydroxylation sites is 1. The molecule has 2 N–H and O–H groups in total. The molecule has 1 aliphatic carbocycles. The van der Waals surface area contributed by atoms with E-state index in [1.54, 1.807) is 18.2 Å². The molecule has 1 saturated carbocycles. The van der Waals surface area contributed by atoms with E-state index in [0.29, 0.717) is 10.8 Å². The van der Waals surface area contributed by atoms with Crippen molar-refractivity contribution in [1.82, 2.24) is 0 Å². The van der Waals surface area contributed by atoms with Crippen LogP contribution in [-0.2, 0) is 10.8 Å². The van der Waals surface area contributed by atoms with Gasteiger partial charge >= 0.3 is 0 Å². The molecule has 20 heavy (non-hydrogen) atoms. The predicted molar refractivity (Wildman–Crippen MR) is 78.8 cm³/mol. The first kappa shape index (κ1) is 15.1. The monoisotopic (exact) mass is 296 g/mol. The van der Waals surface area contributed by atoms with Crippen LogP contribution in [0.25, 0.3) is 0 Å². The molecule has 110 valence electrons. The minimum Gasteiger partial charge on any atom is -0.327 e. The fourth-order valence-electron chi connectivity index (χ4n) is 3.18. The van der Waals surface area contributed by atoms with E-state index in [0.717, 1.165) is 12.8 Å². The lowest BCUT2D eigenvalue weighted by Gasteiger charge is -2.36. The summed E-state index contributed by atoms with van der Waals surface area (Å²) in [4.78, 5) is 10.9. The number of nitro groups is 1. The number of hydrogen-bond acceptors (Lipinski definition) is 4. The SMILES string of the molecule is CC1CC(C)C(S(=O)c2ccccc2[N+](=O)[O-])C(N)C1. The average Bonchev–Trinajstić information content (AvgIpc) is 2.37. The summed E-state index contributed by atoms with van der Waals surface area (Å²) in [5.41, 5.74) is 6.08. The highest BCUT2D eigenvalue weighted by Gasteiger charge is 2.38. The first-order chi connectivity index (χ1) is 9.41. The van der Waals surface area contributed by atoms with E-state index >= 15 is 0 Å². The van der Waals surface area contributed by atoms with Gasteiger partial charge in [-0.05, 0) is 30.7 Å². The van der Waals surface area contributed by atoms with Crippen LogP contribution in [0.4, 0.5) is 5.69 Å². The Kier molecular flexibility index (Phi) is 4.55. The Balaban J connectivity index is 2.34. The van der Waals surface area contributed by atoms with Crippen LogP contribution in [0.15, 0.2) is 29.2 Å². The van der Waals surface area contributed by atoms with E-state index in [9.17, 15) is 14.3 Å². The summed E-state index contributed by atoms with van der Waals surface area (Å²) in [6.45, 7) is 4.17. The molecular weight excluding hydrogens is 276 g/mol. The normalized spacial score (nSPS) is 31.8. The maximum Gasteiger partial charge on any atom is 0.285 e. The van der Waals surface area contributed by atoms with Gasteiger partial charge in [0.2, 0.25) is 0 Å². The number of nitrogens with two attached hydrogens (primary N) is 1. The van der Waals surface area contributed by atoms with Crippen LogP contribution in [0.1, 0.15) is 26.7 Å². The van der Waals surface area contributed by atoms with Crippen LogP contribution in [0, 0.1) is 22.0 Å². The lowest BCUT2D eigenvalue weighted by atomic mass is 9.80. The topological polar surface area (TPSA) is 86.2 Å². The van der Waals surface area contributed by atoms with Gasteiger partial charge in [0.25, 0.3) is 5.69 Å². The second kappa shape index (κ2) is 6.01. The molecule has 2 rings (SSSR count). The second-order valence-corrected chi connectivity index (χ2v) is 7.28. The van der Waals surface area contributed by atoms with Crippen molar-refractivity contribution in [3.05, 3.63) is 34.4 Å². The number of hydrogen-bond donors (Lipinski definition) is 1. The van der Waals surface area contributed by atoms with Crippen LogP contribution >= 0.6 is 0 Å². The maximum absolute atomic E-state index is 12.8. The zero-order chi connectivity index (χ0) is 14.9. The highest BCUT2D eigenvalue weighted by molar-refractivity contribution is 7.86. The van der Waals surface area contributed by atoms with E-state index in [1.807, 2.05) is 6.92 Å². The lowest BCUT2D eigenvalue weighted by Crippen LogP contribution is -2.47.